The predicted molar refractivity (Wildman–Crippen MR) is 102 cm³/mol. The van der Waals surface area contributed by atoms with Gasteiger partial charge < -0.3 is 15.5 Å². The number of benzene rings is 2. The lowest BCUT2D eigenvalue weighted by Crippen LogP contribution is -2.51. The Morgan fingerprint density at radius 1 is 1.18 bits per heavy atom. The molecule has 2 aromatic rings. The van der Waals surface area contributed by atoms with Gasteiger partial charge in [-0.25, -0.2) is 4.39 Å². The Morgan fingerprint density at radius 2 is 1.89 bits per heavy atom. The molecular weight excluding hydrogens is 359 g/mol. The van der Waals surface area contributed by atoms with Gasteiger partial charge in [0.1, 0.15) is 11.9 Å². The second kappa shape index (κ2) is 9.00. The highest BCUT2D eigenvalue weighted by molar-refractivity contribution is 5.97. The summed E-state index contributed by atoms with van der Waals surface area (Å²) >= 11 is 0. The fourth-order valence-electron chi connectivity index (χ4n) is 3.17. The van der Waals surface area contributed by atoms with Gasteiger partial charge in [0.25, 0.3) is 5.91 Å². The molecule has 0 spiro atoms. The van der Waals surface area contributed by atoms with E-state index in [2.05, 4.69) is 16.8 Å². The zero-order valence-electron chi connectivity index (χ0n) is 15.3. The SMILES string of the molecule is N#CN1CC[C@H](NC(=O)[C@H](Cc2ccccc2)NC(=O)c2ccc(F)cc2)C1. The van der Waals surface area contributed by atoms with Crippen LogP contribution in [0.2, 0.25) is 0 Å². The molecule has 0 bridgehead atoms. The van der Waals surface area contributed by atoms with Crippen molar-refractivity contribution in [1.29, 1.82) is 5.26 Å². The second-order valence-electron chi connectivity index (χ2n) is 6.76. The molecule has 0 saturated carbocycles. The van der Waals surface area contributed by atoms with Crippen LogP contribution in [0, 0.1) is 17.3 Å². The molecule has 1 fully saturated rings. The smallest absolute Gasteiger partial charge is 0.251 e. The summed E-state index contributed by atoms with van der Waals surface area (Å²) in [5, 5.41) is 14.6. The molecule has 1 heterocycles. The normalized spacial score (nSPS) is 16.9. The third kappa shape index (κ3) is 5.07. The summed E-state index contributed by atoms with van der Waals surface area (Å²) in [6.07, 6.45) is 3.09. The van der Waals surface area contributed by atoms with Crippen LogP contribution in [-0.2, 0) is 11.2 Å². The number of carbonyl (C=O) groups is 2. The number of carbonyl (C=O) groups excluding carboxylic acids is 2. The Morgan fingerprint density at radius 3 is 2.54 bits per heavy atom. The van der Waals surface area contributed by atoms with Gasteiger partial charge in [0, 0.05) is 31.1 Å². The van der Waals surface area contributed by atoms with E-state index in [1.165, 1.54) is 24.3 Å². The zero-order chi connectivity index (χ0) is 19.9. The molecule has 0 unspecified atom stereocenters. The van der Waals surface area contributed by atoms with Crippen molar-refractivity contribution in [2.75, 3.05) is 13.1 Å². The molecule has 1 aliphatic heterocycles. The molecule has 0 aliphatic carbocycles. The van der Waals surface area contributed by atoms with E-state index in [4.69, 9.17) is 5.26 Å². The molecule has 2 N–H and O–H groups in total. The summed E-state index contributed by atoms with van der Waals surface area (Å²) in [6, 6.07) is 13.6. The lowest BCUT2D eigenvalue weighted by Gasteiger charge is -2.21. The van der Waals surface area contributed by atoms with E-state index in [9.17, 15) is 14.0 Å². The quantitative estimate of drug-likeness (QED) is 0.749. The average molecular weight is 380 g/mol. The number of hydrogen-bond donors (Lipinski definition) is 2. The van der Waals surface area contributed by atoms with E-state index in [0.29, 0.717) is 25.9 Å². The van der Waals surface area contributed by atoms with Crippen LogP contribution in [0.3, 0.4) is 0 Å². The van der Waals surface area contributed by atoms with Crippen LogP contribution in [0.4, 0.5) is 4.39 Å². The highest BCUT2D eigenvalue weighted by Crippen LogP contribution is 2.10. The lowest BCUT2D eigenvalue weighted by atomic mass is 10.0. The number of amides is 2. The fourth-order valence-corrected chi connectivity index (χ4v) is 3.17. The van der Waals surface area contributed by atoms with Crippen LogP contribution in [0.15, 0.2) is 54.6 Å². The van der Waals surface area contributed by atoms with Gasteiger partial charge in [0.05, 0.1) is 0 Å². The zero-order valence-corrected chi connectivity index (χ0v) is 15.3. The van der Waals surface area contributed by atoms with E-state index >= 15 is 0 Å². The van der Waals surface area contributed by atoms with Crippen molar-refractivity contribution in [3.05, 3.63) is 71.5 Å². The minimum absolute atomic E-state index is 0.131. The van der Waals surface area contributed by atoms with Crippen LogP contribution in [0.25, 0.3) is 0 Å². The number of nitrogens with zero attached hydrogens (tertiary/aromatic N) is 2. The van der Waals surface area contributed by atoms with E-state index in [-0.39, 0.29) is 17.5 Å². The fraction of sp³-hybridized carbons (Fsp3) is 0.286. The molecule has 2 aromatic carbocycles. The third-order valence-electron chi connectivity index (χ3n) is 4.69. The molecule has 0 aromatic heterocycles. The molecule has 1 aliphatic rings. The number of likely N-dealkylation sites (tertiary alicyclic amines) is 1. The molecule has 2 amide bonds. The molecule has 28 heavy (non-hydrogen) atoms. The Labute approximate surface area is 163 Å². The van der Waals surface area contributed by atoms with Gasteiger partial charge in [-0.15, -0.1) is 0 Å². The molecule has 6 nitrogen and oxygen atoms in total. The predicted octanol–water partition coefficient (Wildman–Crippen LogP) is 1.84. The van der Waals surface area contributed by atoms with Crippen molar-refractivity contribution in [1.82, 2.24) is 15.5 Å². The number of hydrogen-bond acceptors (Lipinski definition) is 4. The highest BCUT2D eigenvalue weighted by atomic mass is 19.1. The maximum Gasteiger partial charge on any atom is 0.251 e. The van der Waals surface area contributed by atoms with E-state index < -0.39 is 17.8 Å². The monoisotopic (exact) mass is 380 g/mol. The van der Waals surface area contributed by atoms with Gasteiger partial charge in [-0.2, -0.15) is 5.26 Å². The Balaban J connectivity index is 1.71. The minimum atomic E-state index is -0.781. The van der Waals surface area contributed by atoms with E-state index in [1.54, 1.807) is 4.90 Å². The van der Waals surface area contributed by atoms with E-state index in [0.717, 1.165) is 5.56 Å². The van der Waals surface area contributed by atoms with Gasteiger partial charge >= 0.3 is 0 Å². The molecule has 0 radical (unpaired) electrons. The Hall–Kier alpha value is -3.40. The van der Waals surface area contributed by atoms with Gasteiger partial charge in [0.15, 0.2) is 6.19 Å². The lowest BCUT2D eigenvalue weighted by molar-refractivity contribution is -0.123. The summed E-state index contributed by atoms with van der Waals surface area (Å²) < 4.78 is 13.1. The molecular formula is C21H21FN4O2. The molecule has 3 rings (SSSR count). The first kappa shape index (κ1) is 19.4. The first-order valence-electron chi connectivity index (χ1n) is 9.10. The summed E-state index contributed by atoms with van der Waals surface area (Å²) in [4.78, 5) is 27.0. The summed E-state index contributed by atoms with van der Waals surface area (Å²) in [7, 11) is 0. The van der Waals surface area contributed by atoms with Crippen LogP contribution in [0.1, 0.15) is 22.3 Å². The summed E-state index contributed by atoms with van der Waals surface area (Å²) in [6.45, 7) is 1.07. The average Bonchev–Trinajstić information content (AvgIpc) is 3.16. The van der Waals surface area contributed by atoms with Gasteiger partial charge in [-0.1, -0.05) is 30.3 Å². The van der Waals surface area contributed by atoms with Crippen molar-refractivity contribution in [2.45, 2.75) is 24.9 Å². The second-order valence-corrected chi connectivity index (χ2v) is 6.76. The number of nitrogens with one attached hydrogen (secondary N) is 2. The number of rotatable bonds is 6. The van der Waals surface area contributed by atoms with Gasteiger partial charge in [-0.3, -0.25) is 9.59 Å². The van der Waals surface area contributed by atoms with Crippen molar-refractivity contribution in [2.24, 2.45) is 0 Å². The third-order valence-corrected chi connectivity index (χ3v) is 4.69. The molecule has 2 atom stereocenters. The minimum Gasteiger partial charge on any atom is -0.350 e. The summed E-state index contributed by atoms with van der Waals surface area (Å²) in [5.41, 5.74) is 1.19. The van der Waals surface area contributed by atoms with Crippen molar-refractivity contribution < 1.29 is 14.0 Å². The molecule has 1 saturated heterocycles. The van der Waals surface area contributed by atoms with Crippen LogP contribution in [0.5, 0.6) is 0 Å². The molecule has 144 valence electrons. The topological polar surface area (TPSA) is 85.2 Å². The van der Waals surface area contributed by atoms with Crippen molar-refractivity contribution >= 4 is 11.8 Å². The maximum atomic E-state index is 13.1. The van der Waals surface area contributed by atoms with Gasteiger partial charge in [0.2, 0.25) is 5.91 Å². The standard InChI is InChI=1S/C21H21FN4O2/c22-17-8-6-16(7-9-17)20(27)25-19(12-15-4-2-1-3-5-15)21(28)24-18-10-11-26(13-18)14-23/h1-9,18-19H,10-13H2,(H,24,28)(H,25,27)/t18-,19-/m0/s1. The van der Waals surface area contributed by atoms with Crippen molar-refractivity contribution in [3.63, 3.8) is 0 Å². The Bertz CT molecular complexity index is 864. The largest absolute Gasteiger partial charge is 0.350 e. The first-order chi connectivity index (χ1) is 13.5. The van der Waals surface area contributed by atoms with Crippen molar-refractivity contribution in [3.8, 4) is 6.19 Å². The number of halogens is 1. The van der Waals surface area contributed by atoms with E-state index in [1.807, 2.05) is 30.3 Å². The van der Waals surface area contributed by atoms with Crippen LogP contribution in [-0.4, -0.2) is 41.9 Å². The number of nitriles is 1. The first-order valence-corrected chi connectivity index (χ1v) is 9.10. The Kier molecular flexibility index (Phi) is 6.22. The maximum absolute atomic E-state index is 13.1. The van der Waals surface area contributed by atoms with Gasteiger partial charge in [-0.05, 0) is 36.2 Å². The van der Waals surface area contributed by atoms with Crippen LogP contribution < -0.4 is 10.6 Å². The van der Waals surface area contributed by atoms with Crippen LogP contribution >= 0.6 is 0 Å². The summed E-state index contributed by atoms with van der Waals surface area (Å²) in [5.74, 6) is -1.18. The molecule has 7 heteroatoms. The highest BCUT2D eigenvalue weighted by Gasteiger charge is 2.28.